The Bertz CT molecular complexity index is 256. The summed E-state index contributed by atoms with van der Waals surface area (Å²) < 4.78 is 0. The molecule has 0 saturated carbocycles. The van der Waals surface area contributed by atoms with Gasteiger partial charge in [-0.2, -0.15) is 11.8 Å². The van der Waals surface area contributed by atoms with Gasteiger partial charge in [0.25, 0.3) is 0 Å². The maximum absolute atomic E-state index is 4.27. The number of aromatic nitrogens is 1. The van der Waals surface area contributed by atoms with Gasteiger partial charge in [0.2, 0.25) is 0 Å². The second-order valence-corrected chi connectivity index (χ2v) is 4.74. The third-order valence-electron chi connectivity index (χ3n) is 1.80. The van der Waals surface area contributed by atoms with Crippen molar-refractivity contribution in [2.24, 2.45) is 5.92 Å². The first-order chi connectivity index (χ1) is 6.72. The third-order valence-corrected chi connectivity index (χ3v) is 3.24. The number of rotatable bonds is 5. The van der Waals surface area contributed by atoms with Gasteiger partial charge in [0.1, 0.15) is 5.82 Å². The van der Waals surface area contributed by atoms with Crippen LogP contribution in [0.3, 0.4) is 0 Å². The van der Waals surface area contributed by atoms with Gasteiger partial charge in [0.05, 0.1) is 0 Å². The summed E-state index contributed by atoms with van der Waals surface area (Å²) in [7, 11) is 1.88. The van der Waals surface area contributed by atoms with Crippen molar-refractivity contribution in [1.82, 2.24) is 4.98 Å². The normalized spacial score (nSPS) is 10.6. The van der Waals surface area contributed by atoms with Gasteiger partial charge in [0.15, 0.2) is 0 Å². The second-order valence-electron chi connectivity index (χ2n) is 3.71. The van der Waals surface area contributed by atoms with Gasteiger partial charge in [-0.15, -0.1) is 0 Å². The summed E-state index contributed by atoms with van der Waals surface area (Å²) >= 11 is 1.97. The zero-order chi connectivity index (χ0) is 10.4. The van der Waals surface area contributed by atoms with E-state index >= 15 is 0 Å². The number of nitrogens with one attached hydrogen (secondary N) is 1. The van der Waals surface area contributed by atoms with Crippen molar-refractivity contribution in [3.63, 3.8) is 0 Å². The molecule has 0 amide bonds. The number of pyridine rings is 1. The highest BCUT2D eigenvalue weighted by Gasteiger charge is 1.97. The molecular formula is C11H18N2S. The van der Waals surface area contributed by atoms with Crippen molar-refractivity contribution in [3.05, 3.63) is 23.9 Å². The molecule has 0 radical (unpaired) electrons. The van der Waals surface area contributed by atoms with Crippen LogP contribution in [0.2, 0.25) is 0 Å². The Morgan fingerprint density at radius 2 is 2.21 bits per heavy atom. The lowest BCUT2D eigenvalue weighted by Crippen LogP contribution is -1.94. The van der Waals surface area contributed by atoms with E-state index in [9.17, 15) is 0 Å². The average Bonchev–Trinajstić information content (AvgIpc) is 2.18. The largest absolute Gasteiger partial charge is 0.373 e. The van der Waals surface area contributed by atoms with Crippen LogP contribution in [0.1, 0.15) is 19.4 Å². The summed E-state index contributed by atoms with van der Waals surface area (Å²) in [6.07, 6.45) is 1.94. The second kappa shape index (κ2) is 5.91. The van der Waals surface area contributed by atoms with E-state index in [-0.39, 0.29) is 0 Å². The summed E-state index contributed by atoms with van der Waals surface area (Å²) in [6.45, 7) is 4.49. The molecule has 0 saturated heterocycles. The molecule has 1 N–H and O–H groups in total. The van der Waals surface area contributed by atoms with Crippen LogP contribution >= 0.6 is 11.8 Å². The van der Waals surface area contributed by atoms with Crippen LogP contribution in [0.15, 0.2) is 18.3 Å². The molecule has 14 heavy (non-hydrogen) atoms. The van der Waals surface area contributed by atoms with Crippen LogP contribution in [0.25, 0.3) is 0 Å². The predicted octanol–water partition coefficient (Wildman–Crippen LogP) is 3.01. The molecule has 1 aromatic heterocycles. The topological polar surface area (TPSA) is 24.9 Å². The summed E-state index contributed by atoms with van der Waals surface area (Å²) in [5.74, 6) is 3.98. The third kappa shape index (κ3) is 4.01. The molecule has 0 unspecified atom stereocenters. The van der Waals surface area contributed by atoms with Crippen molar-refractivity contribution >= 4 is 17.6 Å². The first-order valence-corrected chi connectivity index (χ1v) is 6.08. The van der Waals surface area contributed by atoms with E-state index in [4.69, 9.17) is 0 Å². The Balaban J connectivity index is 2.36. The lowest BCUT2D eigenvalue weighted by Gasteiger charge is -2.05. The lowest BCUT2D eigenvalue weighted by atomic mass is 10.3. The van der Waals surface area contributed by atoms with E-state index in [1.54, 1.807) is 0 Å². The Morgan fingerprint density at radius 1 is 1.43 bits per heavy atom. The first kappa shape index (κ1) is 11.4. The molecule has 2 nitrogen and oxygen atoms in total. The van der Waals surface area contributed by atoms with Gasteiger partial charge in [-0.3, -0.25) is 0 Å². The molecule has 0 atom stereocenters. The Morgan fingerprint density at radius 3 is 2.71 bits per heavy atom. The van der Waals surface area contributed by atoms with Crippen molar-refractivity contribution in [1.29, 1.82) is 0 Å². The fourth-order valence-electron chi connectivity index (χ4n) is 1.07. The van der Waals surface area contributed by atoms with Gasteiger partial charge >= 0.3 is 0 Å². The molecule has 1 heterocycles. The van der Waals surface area contributed by atoms with Crippen molar-refractivity contribution in [3.8, 4) is 0 Å². The standard InChI is InChI=1S/C11H18N2S/c1-9(2)7-14-8-10-4-5-11(12-3)13-6-10/h4-6,9H,7-8H2,1-3H3,(H,12,13). The number of hydrogen-bond acceptors (Lipinski definition) is 3. The minimum absolute atomic E-state index is 0.768. The number of nitrogens with zero attached hydrogens (tertiary/aromatic N) is 1. The highest BCUT2D eigenvalue weighted by atomic mass is 32.2. The molecule has 1 aromatic rings. The van der Waals surface area contributed by atoms with Crippen molar-refractivity contribution in [2.75, 3.05) is 18.1 Å². The van der Waals surface area contributed by atoms with Gasteiger partial charge in [-0.1, -0.05) is 19.9 Å². The fourth-order valence-corrected chi connectivity index (χ4v) is 2.07. The SMILES string of the molecule is CNc1ccc(CSCC(C)C)cn1. The highest BCUT2D eigenvalue weighted by molar-refractivity contribution is 7.98. The Hall–Kier alpha value is -0.700. The zero-order valence-corrected chi connectivity index (χ0v) is 9.90. The molecule has 0 aliphatic carbocycles. The summed E-state index contributed by atoms with van der Waals surface area (Å²) in [5.41, 5.74) is 1.30. The lowest BCUT2D eigenvalue weighted by molar-refractivity contribution is 0.750. The molecule has 0 aromatic carbocycles. The average molecular weight is 210 g/mol. The van der Waals surface area contributed by atoms with Crippen LogP contribution in [0.4, 0.5) is 5.82 Å². The van der Waals surface area contributed by atoms with E-state index in [0.717, 1.165) is 17.5 Å². The van der Waals surface area contributed by atoms with E-state index < -0.39 is 0 Å². The van der Waals surface area contributed by atoms with Crippen LogP contribution in [0, 0.1) is 5.92 Å². The minimum Gasteiger partial charge on any atom is -0.373 e. The molecular weight excluding hydrogens is 192 g/mol. The van der Waals surface area contributed by atoms with Crippen LogP contribution in [0.5, 0.6) is 0 Å². The van der Waals surface area contributed by atoms with Gasteiger partial charge in [-0.25, -0.2) is 4.98 Å². The monoisotopic (exact) mass is 210 g/mol. The number of anilines is 1. The zero-order valence-electron chi connectivity index (χ0n) is 9.08. The predicted molar refractivity (Wildman–Crippen MR) is 64.8 cm³/mol. The summed E-state index contributed by atoms with van der Waals surface area (Å²) in [4.78, 5) is 4.27. The molecule has 0 aliphatic heterocycles. The Kier molecular flexibility index (Phi) is 4.80. The van der Waals surface area contributed by atoms with Crippen molar-refractivity contribution < 1.29 is 0 Å². The van der Waals surface area contributed by atoms with Gasteiger partial charge < -0.3 is 5.32 Å². The van der Waals surface area contributed by atoms with Crippen molar-refractivity contribution in [2.45, 2.75) is 19.6 Å². The quantitative estimate of drug-likeness (QED) is 0.808. The number of thioether (sulfide) groups is 1. The van der Waals surface area contributed by atoms with E-state index in [1.807, 2.05) is 31.1 Å². The molecule has 3 heteroatoms. The summed E-state index contributed by atoms with van der Waals surface area (Å²) in [5, 5.41) is 3.01. The molecule has 1 rings (SSSR count). The number of hydrogen-bond donors (Lipinski definition) is 1. The minimum atomic E-state index is 0.768. The van der Waals surface area contributed by atoms with Gasteiger partial charge in [-0.05, 0) is 23.3 Å². The smallest absolute Gasteiger partial charge is 0.125 e. The van der Waals surface area contributed by atoms with Gasteiger partial charge in [0, 0.05) is 19.0 Å². The molecule has 78 valence electrons. The maximum atomic E-state index is 4.27. The van der Waals surface area contributed by atoms with E-state index in [0.29, 0.717) is 0 Å². The van der Waals surface area contributed by atoms with E-state index in [2.05, 4.69) is 30.2 Å². The first-order valence-electron chi connectivity index (χ1n) is 4.93. The van der Waals surface area contributed by atoms with Crippen LogP contribution in [-0.4, -0.2) is 17.8 Å². The molecule has 0 bridgehead atoms. The van der Waals surface area contributed by atoms with E-state index in [1.165, 1.54) is 11.3 Å². The Labute approximate surface area is 90.5 Å². The van der Waals surface area contributed by atoms with Crippen LogP contribution in [-0.2, 0) is 5.75 Å². The fraction of sp³-hybridized carbons (Fsp3) is 0.545. The summed E-state index contributed by atoms with van der Waals surface area (Å²) in [6, 6.07) is 4.15. The van der Waals surface area contributed by atoms with Crippen LogP contribution < -0.4 is 5.32 Å². The highest BCUT2D eigenvalue weighted by Crippen LogP contribution is 2.15. The molecule has 0 fully saturated rings. The molecule has 0 aliphatic rings. The maximum Gasteiger partial charge on any atom is 0.125 e. The molecule has 0 spiro atoms.